The first-order chi connectivity index (χ1) is 17.9. The first kappa shape index (κ1) is 24.8. The number of pyridine rings is 1. The molecule has 0 radical (unpaired) electrons. The van der Waals surface area contributed by atoms with E-state index >= 15 is 0 Å². The molecule has 0 atom stereocenters. The fourth-order valence-corrected chi connectivity index (χ4v) is 5.94. The highest BCUT2D eigenvalue weighted by Crippen LogP contribution is 2.43. The third-order valence-corrected chi connectivity index (χ3v) is 8.07. The Hall–Kier alpha value is -3.93. The second-order valence-corrected chi connectivity index (χ2v) is 10.7. The van der Waals surface area contributed by atoms with Gasteiger partial charge in [0, 0.05) is 43.7 Å². The van der Waals surface area contributed by atoms with Gasteiger partial charge in [-0.15, -0.1) is 11.3 Å². The van der Waals surface area contributed by atoms with Crippen molar-refractivity contribution >= 4 is 39.0 Å². The molecule has 188 valence electrons. The minimum Gasteiger partial charge on any atom is -0.397 e. The number of nitrogen functional groups attached to an aromatic ring is 2. The van der Waals surface area contributed by atoms with E-state index < -0.39 is 0 Å². The first-order valence-electron chi connectivity index (χ1n) is 12.4. The van der Waals surface area contributed by atoms with Gasteiger partial charge in [-0.2, -0.15) is 5.26 Å². The van der Waals surface area contributed by atoms with E-state index in [1.807, 2.05) is 47.4 Å². The summed E-state index contributed by atoms with van der Waals surface area (Å²) in [6.07, 6.45) is 0. The molecule has 1 aliphatic heterocycles. The predicted octanol–water partition coefficient (Wildman–Crippen LogP) is 5.08. The number of nitrogens with zero attached hydrogens (tertiary/aromatic N) is 4. The number of hydrogen-bond acceptors (Lipinski definition) is 7. The monoisotopic (exact) mass is 510 g/mol. The Morgan fingerprint density at radius 3 is 2.35 bits per heavy atom. The van der Waals surface area contributed by atoms with E-state index in [9.17, 15) is 10.1 Å². The van der Waals surface area contributed by atoms with Gasteiger partial charge < -0.3 is 16.4 Å². The summed E-state index contributed by atoms with van der Waals surface area (Å²) in [5.74, 6) is 0.432. The van der Waals surface area contributed by atoms with Gasteiger partial charge in [0.15, 0.2) is 0 Å². The van der Waals surface area contributed by atoms with Crippen LogP contribution in [0.15, 0.2) is 54.6 Å². The fraction of sp³-hybridized carbons (Fsp3) is 0.276. The molecule has 1 aliphatic rings. The Kier molecular flexibility index (Phi) is 6.83. The second-order valence-electron chi connectivity index (χ2n) is 9.71. The summed E-state index contributed by atoms with van der Waals surface area (Å²) in [6, 6.07) is 20.6. The van der Waals surface area contributed by atoms with Crippen molar-refractivity contribution in [1.29, 1.82) is 5.26 Å². The molecule has 3 heterocycles. The Bertz CT molecular complexity index is 1480. The molecule has 4 aromatic rings. The number of benzene rings is 2. The van der Waals surface area contributed by atoms with E-state index in [2.05, 4.69) is 41.9 Å². The van der Waals surface area contributed by atoms with E-state index in [1.165, 1.54) is 22.5 Å². The van der Waals surface area contributed by atoms with E-state index in [0.29, 0.717) is 45.4 Å². The quantitative estimate of drug-likeness (QED) is 0.387. The first-order valence-corrected chi connectivity index (χ1v) is 13.3. The Morgan fingerprint density at radius 1 is 1.05 bits per heavy atom. The van der Waals surface area contributed by atoms with Crippen LogP contribution in [0.4, 0.5) is 11.5 Å². The minimum atomic E-state index is -0.0990. The van der Waals surface area contributed by atoms with Gasteiger partial charge in [0.25, 0.3) is 5.91 Å². The van der Waals surface area contributed by atoms with Crippen LogP contribution in [-0.4, -0.2) is 46.9 Å². The number of rotatable bonds is 5. The molecule has 0 unspecified atom stereocenters. The molecule has 1 saturated heterocycles. The van der Waals surface area contributed by atoms with E-state index in [0.717, 1.165) is 25.2 Å². The summed E-state index contributed by atoms with van der Waals surface area (Å²) in [6.45, 7) is 7.98. The lowest BCUT2D eigenvalue weighted by Gasteiger charge is -2.34. The standard InChI is InChI=1S/C29H30N6OS/c1-18(2)20-8-10-21(11-9-20)23-22(16-30)27(32)33-28-24(23)25(31)26(37-28)29(36)35-14-12-34(13-15-35)17-19-6-4-3-5-7-19/h3-11,18H,12-15,17,31H2,1-2H3,(H2,32,33). The number of nitrogens with two attached hydrogens (primary N) is 2. The van der Waals surface area contributed by atoms with Crippen LogP contribution in [0.2, 0.25) is 0 Å². The number of thiophene rings is 1. The largest absolute Gasteiger partial charge is 0.397 e. The molecule has 1 fully saturated rings. The molecule has 37 heavy (non-hydrogen) atoms. The highest BCUT2D eigenvalue weighted by molar-refractivity contribution is 7.21. The molecule has 7 nitrogen and oxygen atoms in total. The van der Waals surface area contributed by atoms with Gasteiger partial charge in [0.05, 0.1) is 5.69 Å². The molecule has 2 aromatic carbocycles. The lowest BCUT2D eigenvalue weighted by Crippen LogP contribution is -2.48. The van der Waals surface area contributed by atoms with Crippen molar-refractivity contribution in [1.82, 2.24) is 14.8 Å². The summed E-state index contributed by atoms with van der Waals surface area (Å²) in [5.41, 5.74) is 17.4. The number of amides is 1. The van der Waals surface area contributed by atoms with Gasteiger partial charge in [-0.25, -0.2) is 4.98 Å². The van der Waals surface area contributed by atoms with Crippen LogP contribution < -0.4 is 11.5 Å². The van der Waals surface area contributed by atoms with Crippen molar-refractivity contribution in [2.45, 2.75) is 26.3 Å². The third-order valence-electron chi connectivity index (χ3n) is 6.99. The molecule has 0 spiro atoms. The summed E-state index contributed by atoms with van der Waals surface area (Å²) in [4.78, 5) is 23.3. The average molecular weight is 511 g/mol. The van der Waals surface area contributed by atoms with Gasteiger partial charge in [0.1, 0.15) is 27.2 Å². The van der Waals surface area contributed by atoms with Crippen LogP contribution in [-0.2, 0) is 6.54 Å². The van der Waals surface area contributed by atoms with Crippen molar-refractivity contribution in [2.75, 3.05) is 37.6 Å². The molecule has 1 amide bonds. The number of fused-ring (bicyclic) bond motifs is 1. The maximum absolute atomic E-state index is 13.6. The summed E-state index contributed by atoms with van der Waals surface area (Å²) >= 11 is 1.25. The molecule has 0 bridgehead atoms. The van der Waals surface area contributed by atoms with Crippen LogP contribution in [0.3, 0.4) is 0 Å². The van der Waals surface area contributed by atoms with E-state index in [4.69, 9.17) is 11.5 Å². The lowest BCUT2D eigenvalue weighted by molar-refractivity contribution is 0.0634. The Balaban J connectivity index is 1.45. The predicted molar refractivity (Wildman–Crippen MR) is 150 cm³/mol. The summed E-state index contributed by atoms with van der Waals surface area (Å²) < 4.78 is 0. The molecule has 0 saturated carbocycles. The van der Waals surface area contributed by atoms with Crippen molar-refractivity contribution in [2.24, 2.45) is 0 Å². The van der Waals surface area contributed by atoms with Crippen LogP contribution in [0, 0.1) is 11.3 Å². The molecule has 8 heteroatoms. The summed E-state index contributed by atoms with van der Waals surface area (Å²) in [5, 5.41) is 10.5. The van der Waals surface area contributed by atoms with Gasteiger partial charge >= 0.3 is 0 Å². The van der Waals surface area contributed by atoms with Gasteiger partial charge in [-0.3, -0.25) is 9.69 Å². The van der Waals surface area contributed by atoms with Crippen molar-refractivity contribution < 1.29 is 4.79 Å². The molecule has 2 aromatic heterocycles. The number of hydrogen-bond donors (Lipinski definition) is 2. The van der Waals surface area contributed by atoms with Crippen molar-refractivity contribution in [3.05, 3.63) is 76.2 Å². The topological polar surface area (TPSA) is 112 Å². The Labute approximate surface area is 220 Å². The van der Waals surface area contributed by atoms with Crippen molar-refractivity contribution in [3.63, 3.8) is 0 Å². The van der Waals surface area contributed by atoms with Crippen LogP contribution >= 0.6 is 11.3 Å². The Morgan fingerprint density at radius 2 is 1.73 bits per heavy atom. The number of aromatic nitrogens is 1. The number of piperazine rings is 1. The maximum atomic E-state index is 13.6. The summed E-state index contributed by atoms with van der Waals surface area (Å²) in [7, 11) is 0. The van der Waals surface area contributed by atoms with Crippen LogP contribution in [0.5, 0.6) is 0 Å². The van der Waals surface area contributed by atoms with Crippen molar-refractivity contribution in [3.8, 4) is 17.2 Å². The molecule has 4 N–H and O–H groups in total. The molecule has 0 aliphatic carbocycles. The SMILES string of the molecule is CC(C)c1ccc(-c2c(C#N)c(N)nc3sc(C(=O)N4CCN(Cc5ccccc5)CC4)c(N)c23)cc1. The van der Waals surface area contributed by atoms with Crippen LogP contribution in [0.1, 0.15) is 46.1 Å². The van der Waals surface area contributed by atoms with E-state index in [-0.39, 0.29) is 17.3 Å². The smallest absolute Gasteiger partial charge is 0.266 e. The minimum absolute atomic E-state index is 0.0990. The average Bonchev–Trinajstić information content (AvgIpc) is 3.24. The van der Waals surface area contributed by atoms with E-state index in [1.54, 1.807) is 0 Å². The highest BCUT2D eigenvalue weighted by Gasteiger charge is 2.28. The van der Waals surface area contributed by atoms with Gasteiger partial charge in [-0.1, -0.05) is 68.4 Å². The zero-order chi connectivity index (χ0) is 26.1. The third kappa shape index (κ3) is 4.76. The normalized spacial score (nSPS) is 14.3. The zero-order valence-electron chi connectivity index (χ0n) is 21.1. The number of anilines is 2. The number of carbonyl (C=O) groups is 1. The molecule has 5 rings (SSSR count). The number of nitriles is 1. The zero-order valence-corrected chi connectivity index (χ0v) is 21.9. The second kappa shape index (κ2) is 10.2. The fourth-order valence-electron chi connectivity index (χ4n) is 4.86. The molecular formula is C29H30N6OS. The van der Waals surface area contributed by atoms with Gasteiger partial charge in [0.2, 0.25) is 0 Å². The van der Waals surface area contributed by atoms with Crippen LogP contribution in [0.25, 0.3) is 21.3 Å². The lowest BCUT2D eigenvalue weighted by atomic mass is 9.94. The molecular weight excluding hydrogens is 480 g/mol. The highest BCUT2D eigenvalue weighted by atomic mass is 32.1. The maximum Gasteiger partial charge on any atom is 0.266 e. The number of carbonyl (C=O) groups excluding carboxylic acids is 1. The van der Waals surface area contributed by atoms with Gasteiger partial charge in [-0.05, 0) is 22.6 Å².